The zero-order valence-corrected chi connectivity index (χ0v) is 13.5. The molecular weight excluding hydrogens is 286 g/mol. The zero-order chi connectivity index (χ0) is 15.2. The number of anilines is 1. The first kappa shape index (κ1) is 14.3. The van der Waals surface area contributed by atoms with Crippen LogP contribution < -0.4 is 5.32 Å². The van der Waals surface area contributed by atoms with E-state index in [2.05, 4.69) is 36.1 Å². The quantitative estimate of drug-likeness (QED) is 0.939. The first-order valence-electron chi connectivity index (χ1n) is 7.04. The number of carbonyl (C=O) groups is 1. The maximum atomic E-state index is 11.0. The number of thiazole rings is 1. The van der Waals surface area contributed by atoms with Gasteiger partial charge in [0.1, 0.15) is 5.76 Å². The minimum Gasteiger partial charge on any atom is -0.445 e. The van der Waals surface area contributed by atoms with Crippen molar-refractivity contribution in [1.29, 1.82) is 0 Å². The summed E-state index contributed by atoms with van der Waals surface area (Å²) in [6.45, 7) is 7.83. The third kappa shape index (κ3) is 3.00. The van der Waals surface area contributed by atoms with Crippen molar-refractivity contribution in [3.63, 3.8) is 0 Å². The van der Waals surface area contributed by atoms with Crippen molar-refractivity contribution in [2.24, 2.45) is 0 Å². The number of amides is 1. The average molecular weight is 305 g/mol. The third-order valence-corrected chi connectivity index (χ3v) is 4.59. The number of hydrogen-bond donors (Lipinski definition) is 1. The first-order chi connectivity index (χ1) is 9.84. The van der Waals surface area contributed by atoms with Crippen LogP contribution in [-0.4, -0.2) is 15.9 Å². The van der Waals surface area contributed by atoms with E-state index >= 15 is 0 Å². The van der Waals surface area contributed by atoms with Crippen molar-refractivity contribution in [3.05, 3.63) is 28.9 Å². The molecule has 1 fully saturated rings. The Labute approximate surface area is 127 Å². The topological polar surface area (TPSA) is 68.0 Å². The lowest BCUT2D eigenvalue weighted by Crippen LogP contribution is -2.09. The fourth-order valence-electron chi connectivity index (χ4n) is 2.25. The van der Waals surface area contributed by atoms with Gasteiger partial charge < -0.3 is 9.73 Å². The van der Waals surface area contributed by atoms with E-state index in [0.29, 0.717) is 17.0 Å². The van der Waals surface area contributed by atoms with Crippen LogP contribution in [0.25, 0.3) is 0 Å². The Morgan fingerprint density at radius 1 is 1.33 bits per heavy atom. The van der Waals surface area contributed by atoms with Gasteiger partial charge in [-0.15, -0.1) is 11.3 Å². The molecule has 1 aliphatic rings. The molecule has 1 N–H and O–H groups in total. The number of rotatable bonds is 3. The largest absolute Gasteiger partial charge is 0.445 e. The molecule has 1 saturated carbocycles. The van der Waals surface area contributed by atoms with Gasteiger partial charge >= 0.3 is 0 Å². The van der Waals surface area contributed by atoms with E-state index in [1.165, 1.54) is 23.1 Å². The lowest BCUT2D eigenvalue weighted by molar-refractivity contribution is -0.114. The van der Waals surface area contributed by atoms with Gasteiger partial charge in [0.2, 0.25) is 5.91 Å². The molecule has 0 bridgehead atoms. The standard InChI is InChI=1S/C15H19N3O2S/c1-8(19)18-14-17-6-11(21-14)9-5-10(9)13-16-7-12(20-13)15(2,3)4/h6-7,9-10H,5H2,1-4H3,(H,17,18,19). The number of oxazole rings is 1. The average Bonchev–Trinajstić information content (AvgIpc) is 2.83. The van der Waals surface area contributed by atoms with E-state index in [-0.39, 0.29) is 11.3 Å². The fourth-order valence-corrected chi connectivity index (χ4v) is 3.30. The van der Waals surface area contributed by atoms with Crippen molar-refractivity contribution >= 4 is 22.4 Å². The molecule has 2 aromatic heterocycles. The van der Waals surface area contributed by atoms with E-state index in [1.54, 1.807) is 0 Å². The monoisotopic (exact) mass is 305 g/mol. The van der Waals surface area contributed by atoms with Gasteiger partial charge in [-0.25, -0.2) is 9.97 Å². The molecule has 112 valence electrons. The second-order valence-corrected chi connectivity index (χ2v) is 7.57. The minimum absolute atomic E-state index is 0.0152. The molecule has 3 rings (SSSR count). The second-order valence-electron chi connectivity index (χ2n) is 6.51. The molecule has 2 atom stereocenters. The highest BCUT2D eigenvalue weighted by Crippen LogP contribution is 2.56. The summed E-state index contributed by atoms with van der Waals surface area (Å²) in [7, 11) is 0. The number of carbonyl (C=O) groups excluding carboxylic acids is 1. The summed E-state index contributed by atoms with van der Waals surface area (Å²) in [6.07, 6.45) is 4.71. The summed E-state index contributed by atoms with van der Waals surface area (Å²) in [5, 5.41) is 3.37. The van der Waals surface area contributed by atoms with Gasteiger partial charge in [0, 0.05) is 35.2 Å². The van der Waals surface area contributed by atoms with Gasteiger partial charge in [0.25, 0.3) is 0 Å². The lowest BCUT2D eigenvalue weighted by atomic mass is 9.94. The maximum absolute atomic E-state index is 11.0. The van der Waals surface area contributed by atoms with Gasteiger partial charge in [0.05, 0.1) is 6.20 Å². The predicted molar refractivity (Wildman–Crippen MR) is 81.7 cm³/mol. The highest BCUT2D eigenvalue weighted by Gasteiger charge is 2.44. The van der Waals surface area contributed by atoms with E-state index in [1.807, 2.05) is 12.4 Å². The normalized spacial score (nSPS) is 21.3. The van der Waals surface area contributed by atoms with Crippen molar-refractivity contribution in [3.8, 4) is 0 Å². The predicted octanol–water partition coefficient (Wildman–Crippen LogP) is 3.66. The highest BCUT2D eigenvalue weighted by molar-refractivity contribution is 7.15. The Bertz CT molecular complexity index is 669. The van der Waals surface area contributed by atoms with Crippen LogP contribution in [0.4, 0.5) is 5.13 Å². The summed E-state index contributed by atoms with van der Waals surface area (Å²) in [6, 6.07) is 0. The van der Waals surface area contributed by atoms with Gasteiger partial charge in [0.15, 0.2) is 11.0 Å². The number of aromatic nitrogens is 2. The Balaban J connectivity index is 1.70. The summed E-state index contributed by atoms with van der Waals surface area (Å²) < 4.78 is 5.90. The number of nitrogens with one attached hydrogen (secondary N) is 1. The van der Waals surface area contributed by atoms with Crippen LogP contribution in [-0.2, 0) is 10.2 Å². The van der Waals surface area contributed by atoms with Crippen LogP contribution in [0.5, 0.6) is 0 Å². The Morgan fingerprint density at radius 3 is 2.71 bits per heavy atom. The summed E-state index contributed by atoms with van der Waals surface area (Å²) in [5.41, 5.74) is -0.0152. The third-order valence-electron chi connectivity index (χ3n) is 3.54. The number of hydrogen-bond acceptors (Lipinski definition) is 5. The molecule has 0 spiro atoms. The van der Waals surface area contributed by atoms with E-state index in [9.17, 15) is 4.79 Å². The summed E-state index contributed by atoms with van der Waals surface area (Å²) in [5.74, 6) is 2.40. The van der Waals surface area contributed by atoms with Gasteiger partial charge in [-0.3, -0.25) is 4.79 Å². The molecule has 6 heteroatoms. The van der Waals surface area contributed by atoms with Crippen molar-refractivity contribution in [2.75, 3.05) is 5.32 Å². The van der Waals surface area contributed by atoms with Crippen LogP contribution in [0.1, 0.15) is 62.5 Å². The van der Waals surface area contributed by atoms with Gasteiger partial charge in [-0.05, 0) is 6.42 Å². The Hall–Kier alpha value is -1.69. The SMILES string of the molecule is CC(=O)Nc1ncc(C2CC2c2ncc(C(C)(C)C)o2)s1. The van der Waals surface area contributed by atoms with E-state index < -0.39 is 0 Å². The van der Waals surface area contributed by atoms with Crippen molar-refractivity contribution in [2.45, 2.75) is 51.4 Å². The molecule has 0 aromatic carbocycles. The highest BCUT2D eigenvalue weighted by atomic mass is 32.1. The van der Waals surface area contributed by atoms with Crippen LogP contribution in [0.2, 0.25) is 0 Å². The summed E-state index contributed by atoms with van der Waals surface area (Å²) in [4.78, 5) is 20.8. The molecular formula is C15H19N3O2S. The Morgan fingerprint density at radius 2 is 2.10 bits per heavy atom. The fraction of sp³-hybridized carbons (Fsp3) is 0.533. The molecule has 21 heavy (non-hydrogen) atoms. The van der Waals surface area contributed by atoms with Crippen LogP contribution in [0.15, 0.2) is 16.8 Å². The van der Waals surface area contributed by atoms with Crippen LogP contribution in [0, 0.1) is 0 Å². The van der Waals surface area contributed by atoms with Crippen molar-refractivity contribution < 1.29 is 9.21 Å². The Kier molecular flexibility index (Phi) is 3.36. The molecule has 1 amide bonds. The molecule has 0 saturated heterocycles. The molecule has 0 aliphatic heterocycles. The smallest absolute Gasteiger partial charge is 0.223 e. The van der Waals surface area contributed by atoms with E-state index in [0.717, 1.165) is 18.1 Å². The van der Waals surface area contributed by atoms with Crippen LogP contribution in [0.3, 0.4) is 0 Å². The van der Waals surface area contributed by atoms with Crippen molar-refractivity contribution in [1.82, 2.24) is 9.97 Å². The first-order valence-corrected chi connectivity index (χ1v) is 7.86. The molecule has 0 radical (unpaired) electrons. The molecule has 2 heterocycles. The zero-order valence-electron chi connectivity index (χ0n) is 12.6. The molecule has 2 unspecified atom stereocenters. The minimum atomic E-state index is -0.0919. The number of nitrogens with zero attached hydrogens (tertiary/aromatic N) is 2. The molecule has 1 aliphatic carbocycles. The van der Waals surface area contributed by atoms with Gasteiger partial charge in [-0.2, -0.15) is 0 Å². The lowest BCUT2D eigenvalue weighted by Gasteiger charge is -2.13. The van der Waals surface area contributed by atoms with E-state index in [4.69, 9.17) is 4.42 Å². The molecule has 2 aromatic rings. The molecule has 5 nitrogen and oxygen atoms in total. The second kappa shape index (κ2) is 4.94. The maximum Gasteiger partial charge on any atom is 0.223 e. The van der Waals surface area contributed by atoms with Gasteiger partial charge in [-0.1, -0.05) is 20.8 Å². The van der Waals surface area contributed by atoms with Crippen LogP contribution >= 0.6 is 11.3 Å². The summed E-state index contributed by atoms with van der Waals surface area (Å²) >= 11 is 1.53.